The van der Waals surface area contributed by atoms with Crippen molar-refractivity contribution in [2.24, 2.45) is 0 Å². The monoisotopic (exact) mass is 373 g/mol. The lowest BCUT2D eigenvalue weighted by molar-refractivity contribution is -0.150. The molecule has 7 heteroatoms. The SMILES string of the molecule is CC(C(=O)O)N(C(=O)CCC(=O)N1CCN(c2ccccc2)CC1)C1CC1. The molecule has 7 nitrogen and oxygen atoms in total. The highest BCUT2D eigenvalue weighted by molar-refractivity contribution is 5.87. The van der Waals surface area contributed by atoms with E-state index in [1.54, 1.807) is 4.90 Å². The zero-order valence-corrected chi connectivity index (χ0v) is 15.7. The predicted molar refractivity (Wildman–Crippen MR) is 101 cm³/mol. The van der Waals surface area contributed by atoms with Crippen LogP contribution in [0, 0.1) is 0 Å². The number of anilines is 1. The molecule has 0 aromatic heterocycles. The number of carboxylic acid groups (broad SMARTS) is 1. The van der Waals surface area contributed by atoms with E-state index < -0.39 is 12.0 Å². The van der Waals surface area contributed by atoms with Crippen LogP contribution in [0.15, 0.2) is 30.3 Å². The zero-order valence-electron chi connectivity index (χ0n) is 15.7. The van der Waals surface area contributed by atoms with Gasteiger partial charge in [-0.25, -0.2) is 4.79 Å². The van der Waals surface area contributed by atoms with Gasteiger partial charge >= 0.3 is 5.97 Å². The summed E-state index contributed by atoms with van der Waals surface area (Å²) in [5, 5.41) is 9.20. The van der Waals surface area contributed by atoms with Crippen LogP contribution in [0.2, 0.25) is 0 Å². The molecule has 0 spiro atoms. The Bertz CT molecular complexity index is 682. The molecule has 146 valence electrons. The van der Waals surface area contributed by atoms with Gasteiger partial charge in [-0.3, -0.25) is 9.59 Å². The van der Waals surface area contributed by atoms with Crippen LogP contribution in [-0.4, -0.2) is 71.0 Å². The maximum atomic E-state index is 12.5. The summed E-state index contributed by atoms with van der Waals surface area (Å²) in [6.45, 7) is 4.35. The van der Waals surface area contributed by atoms with Crippen molar-refractivity contribution in [3.05, 3.63) is 30.3 Å². The third kappa shape index (κ3) is 4.78. The summed E-state index contributed by atoms with van der Waals surface area (Å²) in [6.07, 6.45) is 1.91. The summed E-state index contributed by atoms with van der Waals surface area (Å²) in [4.78, 5) is 41.7. The van der Waals surface area contributed by atoms with Gasteiger partial charge in [-0.1, -0.05) is 18.2 Å². The third-order valence-electron chi connectivity index (χ3n) is 5.31. The molecule has 2 fully saturated rings. The highest BCUT2D eigenvalue weighted by Crippen LogP contribution is 2.29. The van der Waals surface area contributed by atoms with Crippen molar-refractivity contribution in [2.45, 2.75) is 44.7 Å². The van der Waals surface area contributed by atoms with E-state index in [2.05, 4.69) is 17.0 Å². The normalized spacial score (nSPS) is 18.1. The highest BCUT2D eigenvalue weighted by Gasteiger charge is 2.38. The second-order valence-electron chi connectivity index (χ2n) is 7.25. The first-order chi connectivity index (χ1) is 13.0. The molecule has 1 aromatic rings. The number of carbonyl (C=O) groups is 3. The van der Waals surface area contributed by atoms with Crippen LogP contribution in [0.25, 0.3) is 0 Å². The van der Waals surface area contributed by atoms with Gasteiger partial charge in [-0.05, 0) is 31.9 Å². The fourth-order valence-corrected chi connectivity index (χ4v) is 3.56. The maximum Gasteiger partial charge on any atom is 0.326 e. The Morgan fingerprint density at radius 2 is 1.70 bits per heavy atom. The third-order valence-corrected chi connectivity index (χ3v) is 5.31. The molecule has 1 aliphatic heterocycles. The predicted octanol–water partition coefficient (Wildman–Crippen LogP) is 1.58. The molecule has 1 aromatic carbocycles. The minimum Gasteiger partial charge on any atom is -0.480 e. The van der Waals surface area contributed by atoms with Crippen LogP contribution in [-0.2, 0) is 14.4 Å². The molecule has 2 amide bonds. The Morgan fingerprint density at radius 1 is 1.07 bits per heavy atom. The second-order valence-corrected chi connectivity index (χ2v) is 7.25. The molecule has 1 saturated carbocycles. The molecule has 3 rings (SSSR count). The zero-order chi connectivity index (χ0) is 19.4. The molecule has 2 aliphatic rings. The molecular weight excluding hydrogens is 346 g/mol. The van der Waals surface area contributed by atoms with E-state index in [0.717, 1.165) is 31.6 Å². The van der Waals surface area contributed by atoms with Gasteiger partial charge in [-0.2, -0.15) is 0 Å². The molecule has 1 saturated heterocycles. The first-order valence-corrected chi connectivity index (χ1v) is 9.59. The number of hydrogen-bond donors (Lipinski definition) is 1. The molecule has 1 heterocycles. The number of aliphatic carboxylic acids is 1. The van der Waals surface area contributed by atoms with Gasteiger partial charge < -0.3 is 19.8 Å². The first-order valence-electron chi connectivity index (χ1n) is 9.59. The quantitative estimate of drug-likeness (QED) is 0.785. The van der Waals surface area contributed by atoms with Crippen molar-refractivity contribution in [1.29, 1.82) is 0 Å². The fourth-order valence-electron chi connectivity index (χ4n) is 3.56. The molecule has 1 N–H and O–H groups in total. The molecule has 0 bridgehead atoms. The van der Waals surface area contributed by atoms with E-state index in [9.17, 15) is 19.5 Å². The number of carbonyl (C=O) groups excluding carboxylic acids is 2. The molecule has 1 aliphatic carbocycles. The van der Waals surface area contributed by atoms with E-state index in [0.29, 0.717) is 13.1 Å². The van der Waals surface area contributed by atoms with Crippen molar-refractivity contribution in [2.75, 3.05) is 31.1 Å². The van der Waals surface area contributed by atoms with E-state index in [1.165, 1.54) is 11.8 Å². The van der Waals surface area contributed by atoms with Gasteiger partial charge in [0.15, 0.2) is 0 Å². The van der Waals surface area contributed by atoms with E-state index >= 15 is 0 Å². The number of rotatable bonds is 7. The van der Waals surface area contributed by atoms with Gasteiger partial charge in [0.05, 0.1) is 0 Å². The highest BCUT2D eigenvalue weighted by atomic mass is 16.4. The lowest BCUT2D eigenvalue weighted by Gasteiger charge is -2.36. The molecule has 0 radical (unpaired) electrons. The number of hydrogen-bond acceptors (Lipinski definition) is 4. The lowest BCUT2D eigenvalue weighted by atomic mass is 10.2. The molecule has 1 atom stereocenters. The number of carboxylic acids is 1. The van der Waals surface area contributed by atoms with Crippen LogP contribution in [0.1, 0.15) is 32.6 Å². The molecular formula is C20H27N3O4. The van der Waals surface area contributed by atoms with Crippen LogP contribution < -0.4 is 4.90 Å². The van der Waals surface area contributed by atoms with E-state index in [4.69, 9.17) is 0 Å². The van der Waals surface area contributed by atoms with Gasteiger partial charge in [-0.15, -0.1) is 0 Å². The summed E-state index contributed by atoms with van der Waals surface area (Å²) < 4.78 is 0. The largest absolute Gasteiger partial charge is 0.480 e. The minimum absolute atomic E-state index is 0.0214. The number of amides is 2. The Morgan fingerprint density at radius 3 is 2.26 bits per heavy atom. The molecule has 27 heavy (non-hydrogen) atoms. The summed E-state index contributed by atoms with van der Waals surface area (Å²) in [5.74, 6) is -1.27. The summed E-state index contributed by atoms with van der Waals surface area (Å²) in [5.41, 5.74) is 1.16. The number of para-hydroxylation sites is 1. The van der Waals surface area contributed by atoms with E-state index in [1.807, 2.05) is 18.2 Å². The van der Waals surface area contributed by atoms with Crippen molar-refractivity contribution < 1.29 is 19.5 Å². The van der Waals surface area contributed by atoms with Gasteiger partial charge in [0, 0.05) is 50.7 Å². The molecule has 1 unspecified atom stereocenters. The Hall–Kier alpha value is -2.57. The van der Waals surface area contributed by atoms with Crippen molar-refractivity contribution in [1.82, 2.24) is 9.80 Å². The van der Waals surface area contributed by atoms with Gasteiger partial charge in [0.2, 0.25) is 11.8 Å². The van der Waals surface area contributed by atoms with Crippen LogP contribution in [0.5, 0.6) is 0 Å². The van der Waals surface area contributed by atoms with Gasteiger partial charge in [0.25, 0.3) is 0 Å². The van der Waals surface area contributed by atoms with Crippen molar-refractivity contribution in [3.63, 3.8) is 0 Å². The Kier molecular flexibility index (Phi) is 5.98. The maximum absolute atomic E-state index is 12.5. The Labute approximate surface area is 159 Å². The van der Waals surface area contributed by atoms with Crippen LogP contribution in [0.4, 0.5) is 5.69 Å². The number of piperazine rings is 1. The Balaban J connectivity index is 1.47. The summed E-state index contributed by atoms with van der Waals surface area (Å²) >= 11 is 0. The first kappa shape index (κ1) is 19.2. The average molecular weight is 373 g/mol. The van der Waals surface area contributed by atoms with Crippen LogP contribution in [0.3, 0.4) is 0 Å². The summed E-state index contributed by atoms with van der Waals surface area (Å²) in [7, 11) is 0. The van der Waals surface area contributed by atoms with Crippen molar-refractivity contribution >= 4 is 23.5 Å². The van der Waals surface area contributed by atoms with E-state index in [-0.39, 0.29) is 30.7 Å². The van der Waals surface area contributed by atoms with Gasteiger partial charge in [0.1, 0.15) is 6.04 Å². The minimum atomic E-state index is -1.00. The number of nitrogens with zero attached hydrogens (tertiary/aromatic N) is 3. The summed E-state index contributed by atoms with van der Waals surface area (Å²) in [6, 6.07) is 9.29. The standard InChI is InChI=1S/C20H27N3O4/c1-15(20(26)27)23(17-7-8-17)19(25)10-9-18(24)22-13-11-21(12-14-22)16-5-3-2-4-6-16/h2-6,15,17H,7-14H2,1H3,(H,26,27). The number of benzene rings is 1. The topological polar surface area (TPSA) is 81.2 Å². The van der Waals surface area contributed by atoms with Crippen LogP contribution >= 0.6 is 0 Å². The van der Waals surface area contributed by atoms with Crippen molar-refractivity contribution in [3.8, 4) is 0 Å². The second kappa shape index (κ2) is 8.41. The lowest BCUT2D eigenvalue weighted by Crippen LogP contribution is -2.49. The smallest absolute Gasteiger partial charge is 0.326 e. The fraction of sp³-hybridized carbons (Fsp3) is 0.550. The average Bonchev–Trinajstić information content (AvgIpc) is 3.52.